The number of hydrogen-bond acceptors (Lipinski definition) is 5. The maximum Gasteiger partial charge on any atom is 0.229 e. The van der Waals surface area contributed by atoms with Crippen LogP contribution in [0.3, 0.4) is 0 Å². The lowest BCUT2D eigenvalue weighted by Crippen LogP contribution is -2.14. The Bertz CT molecular complexity index is 340. The Morgan fingerprint density at radius 2 is 2.38 bits per heavy atom. The van der Waals surface area contributed by atoms with Crippen LogP contribution in [0.4, 0.5) is 0 Å². The molecule has 0 radical (unpaired) electrons. The molecule has 1 aliphatic rings. The molecule has 1 saturated carbocycles. The molecule has 1 fully saturated rings. The molecule has 3 atom stereocenters. The van der Waals surface area contributed by atoms with Gasteiger partial charge in [-0.1, -0.05) is 5.16 Å². The Morgan fingerprint density at radius 1 is 1.56 bits per heavy atom. The molecule has 2 N–H and O–H groups in total. The topological polar surface area (TPSA) is 74.2 Å². The summed E-state index contributed by atoms with van der Waals surface area (Å²) in [6.07, 6.45) is 3.89. The average Bonchev–Trinajstić information content (AvgIpc) is 2.87. The first kappa shape index (κ1) is 11.5. The highest BCUT2D eigenvalue weighted by atomic mass is 16.5. The van der Waals surface area contributed by atoms with Gasteiger partial charge in [-0.25, -0.2) is 0 Å². The molecular weight excluding hydrogens is 206 g/mol. The van der Waals surface area contributed by atoms with Gasteiger partial charge in [-0.2, -0.15) is 4.98 Å². The summed E-state index contributed by atoms with van der Waals surface area (Å²) in [4.78, 5) is 4.40. The Morgan fingerprint density at radius 3 is 3.00 bits per heavy atom. The molecule has 1 aliphatic carbocycles. The summed E-state index contributed by atoms with van der Waals surface area (Å²) >= 11 is 0. The second-order valence-corrected chi connectivity index (χ2v) is 4.57. The third-order valence-corrected chi connectivity index (χ3v) is 3.18. The molecule has 1 aromatic rings. The van der Waals surface area contributed by atoms with E-state index in [9.17, 15) is 0 Å². The third kappa shape index (κ3) is 2.59. The van der Waals surface area contributed by atoms with Crippen LogP contribution in [0.5, 0.6) is 0 Å². The van der Waals surface area contributed by atoms with Crippen molar-refractivity contribution < 1.29 is 9.26 Å². The maximum atomic E-state index is 5.86. The first-order valence-electron chi connectivity index (χ1n) is 5.80. The highest BCUT2D eigenvalue weighted by Crippen LogP contribution is 2.32. The molecule has 0 spiro atoms. The fourth-order valence-corrected chi connectivity index (χ4v) is 2.10. The number of hydrogen-bond donors (Lipinski definition) is 1. The van der Waals surface area contributed by atoms with Gasteiger partial charge in [0, 0.05) is 25.5 Å². The first-order valence-corrected chi connectivity index (χ1v) is 5.80. The van der Waals surface area contributed by atoms with Gasteiger partial charge in [0.05, 0.1) is 6.10 Å². The number of nitrogens with zero attached hydrogens (tertiary/aromatic N) is 2. The van der Waals surface area contributed by atoms with Gasteiger partial charge in [-0.15, -0.1) is 0 Å². The van der Waals surface area contributed by atoms with Crippen molar-refractivity contribution in [3.8, 4) is 0 Å². The fraction of sp³-hybridized carbons (Fsp3) is 0.818. The smallest absolute Gasteiger partial charge is 0.229 e. The Kier molecular flexibility index (Phi) is 3.56. The summed E-state index contributed by atoms with van der Waals surface area (Å²) in [7, 11) is 1.68. The van der Waals surface area contributed by atoms with Crippen molar-refractivity contribution in [2.24, 2.45) is 5.73 Å². The molecule has 5 heteroatoms. The molecular formula is C11H19N3O2. The zero-order chi connectivity index (χ0) is 11.5. The minimum Gasteiger partial charge on any atom is -0.381 e. The van der Waals surface area contributed by atoms with Crippen molar-refractivity contribution in [2.75, 3.05) is 7.11 Å². The Hall–Kier alpha value is -0.940. The number of ether oxygens (including phenoxy) is 1. The quantitative estimate of drug-likeness (QED) is 0.834. The van der Waals surface area contributed by atoms with Crippen LogP contribution in [0.15, 0.2) is 4.52 Å². The van der Waals surface area contributed by atoms with Crippen LogP contribution in [0.25, 0.3) is 0 Å². The van der Waals surface area contributed by atoms with Crippen molar-refractivity contribution in [1.82, 2.24) is 10.1 Å². The molecule has 5 nitrogen and oxygen atoms in total. The normalized spacial score (nSPS) is 27.2. The SMILES string of the molecule is COC(C)Cc1noc(C2CCC(N)C2)n1. The van der Waals surface area contributed by atoms with Crippen molar-refractivity contribution in [3.63, 3.8) is 0 Å². The third-order valence-electron chi connectivity index (χ3n) is 3.18. The predicted octanol–water partition coefficient (Wildman–Crippen LogP) is 1.24. The monoisotopic (exact) mass is 225 g/mol. The van der Waals surface area contributed by atoms with Crippen LogP contribution in [0.2, 0.25) is 0 Å². The second-order valence-electron chi connectivity index (χ2n) is 4.57. The molecule has 1 heterocycles. The summed E-state index contributed by atoms with van der Waals surface area (Å²) in [5, 5.41) is 3.97. The molecule has 0 aliphatic heterocycles. The van der Waals surface area contributed by atoms with Crippen LogP contribution < -0.4 is 5.73 Å². The zero-order valence-electron chi connectivity index (χ0n) is 9.85. The summed E-state index contributed by atoms with van der Waals surface area (Å²) in [5.74, 6) is 1.82. The van der Waals surface area contributed by atoms with Crippen molar-refractivity contribution >= 4 is 0 Å². The van der Waals surface area contributed by atoms with E-state index < -0.39 is 0 Å². The van der Waals surface area contributed by atoms with Crippen LogP contribution in [0.1, 0.15) is 43.8 Å². The van der Waals surface area contributed by atoms with Crippen LogP contribution in [-0.4, -0.2) is 29.4 Å². The van der Waals surface area contributed by atoms with Gasteiger partial charge in [-0.3, -0.25) is 0 Å². The average molecular weight is 225 g/mol. The van der Waals surface area contributed by atoms with Gasteiger partial charge in [0.25, 0.3) is 0 Å². The lowest BCUT2D eigenvalue weighted by atomic mass is 10.1. The number of methoxy groups -OCH3 is 1. The number of nitrogens with two attached hydrogens (primary N) is 1. The molecule has 90 valence electrons. The molecule has 0 aromatic carbocycles. The summed E-state index contributed by atoms with van der Waals surface area (Å²) in [6.45, 7) is 1.99. The van der Waals surface area contributed by atoms with Gasteiger partial charge in [0.15, 0.2) is 5.82 Å². The van der Waals surface area contributed by atoms with E-state index >= 15 is 0 Å². The number of aromatic nitrogens is 2. The highest BCUT2D eigenvalue weighted by molar-refractivity contribution is 4.99. The molecule has 0 saturated heterocycles. The fourth-order valence-electron chi connectivity index (χ4n) is 2.10. The predicted molar refractivity (Wildman–Crippen MR) is 59.0 cm³/mol. The zero-order valence-corrected chi connectivity index (χ0v) is 9.85. The standard InChI is InChI=1S/C11H19N3O2/c1-7(15-2)5-10-13-11(16-14-10)8-3-4-9(12)6-8/h7-9H,3-6,12H2,1-2H3. The van der Waals surface area contributed by atoms with E-state index in [0.29, 0.717) is 18.4 Å². The summed E-state index contributed by atoms with van der Waals surface area (Å²) < 4.78 is 10.4. The molecule has 16 heavy (non-hydrogen) atoms. The van der Waals surface area contributed by atoms with Gasteiger partial charge >= 0.3 is 0 Å². The first-order chi connectivity index (χ1) is 7.69. The maximum absolute atomic E-state index is 5.86. The van der Waals surface area contributed by atoms with Crippen molar-refractivity contribution in [2.45, 2.75) is 50.7 Å². The van der Waals surface area contributed by atoms with E-state index in [-0.39, 0.29) is 6.10 Å². The van der Waals surface area contributed by atoms with Crippen LogP contribution in [-0.2, 0) is 11.2 Å². The molecule has 0 amide bonds. The number of rotatable bonds is 4. The lowest BCUT2D eigenvalue weighted by molar-refractivity contribution is 0.116. The molecule has 1 aromatic heterocycles. The van der Waals surface area contributed by atoms with Crippen LogP contribution in [0, 0.1) is 0 Å². The van der Waals surface area contributed by atoms with E-state index in [1.807, 2.05) is 6.92 Å². The summed E-state index contributed by atoms with van der Waals surface area (Å²) in [5.41, 5.74) is 5.86. The minimum absolute atomic E-state index is 0.122. The second kappa shape index (κ2) is 4.93. The van der Waals surface area contributed by atoms with E-state index in [1.54, 1.807) is 7.11 Å². The molecule has 2 rings (SSSR count). The lowest BCUT2D eigenvalue weighted by Gasteiger charge is -2.04. The molecule has 0 bridgehead atoms. The van der Waals surface area contributed by atoms with Crippen molar-refractivity contribution in [1.29, 1.82) is 0 Å². The Balaban J connectivity index is 1.97. The van der Waals surface area contributed by atoms with Gasteiger partial charge < -0.3 is 15.0 Å². The largest absolute Gasteiger partial charge is 0.381 e. The highest BCUT2D eigenvalue weighted by Gasteiger charge is 2.27. The minimum atomic E-state index is 0.122. The van der Waals surface area contributed by atoms with E-state index in [2.05, 4.69) is 10.1 Å². The van der Waals surface area contributed by atoms with E-state index in [4.69, 9.17) is 15.0 Å². The Labute approximate surface area is 95.3 Å². The van der Waals surface area contributed by atoms with Gasteiger partial charge in [0.1, 0.15) is 0 Å². The summed E-state index contributed by atoms with van der Waals surface area (Å²) in [6, 6.07) is 0.290. The van der Waals surface area contributed by atoms with Gasteiger partial charge in [0.2, 0.25) is 5.89 Å². The van der Waals surface area contributed by atoms with Crippen LogP contribution >= 0.6 is 0 Å². The molecule has 3 unspecified atom stereocenters. The van der Waals surface area contributed by atoms with Crippen molar-refractivity contribution in [3.05, 3.63) is 11.7 Å². The van der Waals surface area contributed by atoms with E-state index in [0.717, 1.165) is 31.0 Å². The van der Waals surface area contributed by atoms with Gasteiger partial charge in [-0.05, 0) is 26.2 Å². The van der Waals surface area contributed by atoms with E-state index in [1.165, 1.54) is 0 Å².